The van der Waals surface area contributed by atoms with Crippen molar-refractivity contribution in [2.45, 2.75) is 25.0 Å². The van der Waals surface area contributed by atoms with Gasteiger partial charge in [-0.25, -0.2) is 4.39 Å². The minimum atomic E-state index is -0.849. The second-order valence-corrected chi connectivity index (χ2v) is 6.17. The zero-order chi connectivity index (χ0) is 16.3. The summed E-state index contributed by atoms with van der Waals surface area (Å²) < 4.78 is 18.3. The number of halogens is 1. The highest BCUT2D eigenvalue weighted by Gasteiger charge is 2.33. The molecule has 1 aliphatic heterocycles. The lowest BCUT2D eigenvalue weighted by Crippen LogP contribution is -2.42. The van der Waals surface area contributed by atoms with Crippen molar-refractivity contribution >= 4 is 0 Å². The van der Waals surface area contributed by atoms with Gasteiger partial charge < -0.3 is 9.84 Å². The summed E-state index contributed by atoms with van der Waals surface area (Å²) in [6.45, 7) is 2.47. The fraction of sp³-hybridized carbons (Fsp3) is 0.368. The van der Waals surface area contributed by atoms with E-state index in [0.29, 0.717) is 12.8 Å². The quantitative estimate of drug-likeness (QED) is 0.939. The molecule has 0 aliphatic carbocycles. The molecule has 2 aromatic carbocycles. The van der Waals surface area contributed by atoms with Gasteiger partial charge in [-0.2, -0.15) is 0 Å². The van der Waals surface area contributed by atoms with Crippen molar-refractivity contribution < 1.29 is 14.2 Å². The Kier molecular flexibility index (Phi) is 4.64. The first-order chi connectivity index (χ1) is 11.1. The minimum Gasteiger partial charge on any atom is -0.497 e. The van der Waals surface area contributed by atoms with Crippen LogP contribution in [0.2, 0.25) is 0 Å². The number of hydrogen-bond acceptors (Lipinski definition) is 3. The maximum absolute atomic E-state index is 13.0. The summed E-state index contributed by atoms with van der Waals surface area (Å²) in [6, 6.07) is 14.3. The molecule has 1 saturated heterocycles. The predicted octanol–water partition coefficient (Wildman–Crippen LogP) is 3.32. The molecule has 0 spiro atoms. The van der Waals surface area contributed by atoms with Crippen LogP contribution in [-0.2, 0) is 12.1 Å². The molecule has 1 fully saturated rings. The number of nitrogens with zero attached hydrogens (tertiary/aromatic N) is 1. The molecule has 0 aromatic heterocycles. The van der Waals surface area contributed by atoms with Gasteiger partial charge in [-0.05, 0) is 48.2 Å². The summed E-state index contributed by atoms with van der Waals surface area (Å²) in [7, 11) is 1.67. The summed E-state index contributed by atoms with van der Waals surface area (Å²) in [5.41, 5.74) is 1.16. The summed E-state index contributed by atoms with van der Waals surface area (Å²) in [6.07, 6.45) is 1.31. The predicted molar refractivity (Wildman–Crippen MR) is 87.8 cm³/mol. The molecule has 122 valence electrons. The summed E-state index contributed by atoms with van der Waals surface area (Å²) in [5.74, 6) is 0.593. The monoisotopic (exact) mass is 315 g/mol. The number of likely N-dealkylation sites (tertiary alicyclic amines) is 1. The molecule has 3 rings (SSSR count). The SMILES string of the molecule is COc1cccc(CN2CCC(O)(c3ccc(F)cc3)CC2)c1. The van der Waals surface area contributed by atoms with E-state index in [1.807, 2.05) is 18.2 Å². The van der Waals surface area contributed by atoms with Crippen LogP contribution in [0.5, 0.6) is 5.75 Å². The van der Waals surface area contributed by atoms with Gasteiger partial charge >= 0.3 is 0 Å². The van der Waals surface area contributed by atoms with Crippen LogP contribution >= 0.6 is 0 Å². The number of ether oxygens (including phenoxy) is 1. The fourth-order valence-corrected chi connectivity index (χ4v) is 3.16. The summed E-state index contributed by atoms with van der Waals surface area (Å²) in [5, 5.41) is 10.8. The molecule has 0 unspecified atom stereocenters. The van der Waals surface area contributed by atoms with Crippen molar-refractivity contribution in [1.82, 2.24) is 4.90 Å². The highest BCUT2D eigenvalue weighted by atomic mass is 19.1. The van der Waals surface area contributed by atoms with Crippen LogP contribution in [0, 0.1) is 5.82 Å². The van der Waals surface area contributed by atoms with Crippen LogP contribution in [0.4, 0.5) is 4.39 Å². The third-order valence-electron chi connectivity index (χ3n) is 4.61. The first-order valence-corrected chi connectivity index (χ1v) is 7.93. The van der Waals surface area contributed by atoms with E-state index in [0.717, 1.165) is 30.9 Å². The number of rotatable bonds is 4. The number of methoxy groups -OCH3 is 1. The Bertz CT molecular complexity index is 649. The molecule has 0 atom stereocenters. The topological polar surface area (TPSA) is 32.7 Å². The van der Waals surface area contributed by atoms with Crippen LogP contribution in [0.1, 0.15) is 24.0 Å². The molecule has 0 bridgehead atoms. The average Bonchev–Trinajstić information content (AvgIpc) is 2.58. The van der Waals surface area contributed by atoms with Gasteiger partial charge in [0.2, 0.25) is 0 Å². The zero-order valence-corrected chi connectivity index (χ0v) is 13.3. The lowest BCUT2D eigenvalue weighted by molar-refractivity contribution is -0.0277. The standard InChI is InChI=1S/C19H22FNO2/c1-23-18-4-2-3-15(13-18)14-21-11-9-19(22,10-12-21)16-5-7-17(20)8-6-16/h2-8,13,22H,9-12,14H2,1H3. The van der Waals surface area contributed by atoms with E-state index in [9.17, 15) is 9.50 Å². The maximum Gasteiger partial charge on any atom is 0.123 e. The number of aliphatic hydroxyl groups is 1. The van der Waals surface area contributed by atoms with Crippen molar-refractivity contribution in [3.63, 3.8) is 0 Å². The van der Waals surface area contributed by atoms with E-state index in [1.54, 1.807) is 19.2 Å². The smallest absolute Gasteiger partial charge is 0.123 e. The van der Waals surface area contributed by atoms with Crippen LogP contribution < -0.4 is 4.74 Å². The molecule has 3 nitrogen and oxygen atoms in total. The Labute approximate surface area is 136 Å². The zero-order valence-electron chi connectivity index (χ0n) is 13.3. The van der Waals surface area contributed by atoms with Crippen LogP contribution in [0.25, 0.3) is 0 Å². The second-order valence-electron chi connectivity index (χ2n) is 6.17. The molecule has 1 heterocycles. The van der Waals surface area contributed by atoms with E-state index < -0.39 is 5.60 Å². The van der Waals surface area contributed by atoms with Gasteiger partial charge in [0.25, 0.3) is 0 Å². The highest BCUT2D eigenvalue weighted by Crippen LogP contribution is 2.33. The molecular weight excluding hydrogens is 293 g/mol. The average molecular weight is 315 g/mol. The minimum absolute atomic E-state index is 0.271. The molecule has 1 aliphatic rings. The van der Waals surface area contributed by atoms with Gasteiger partial charge in [0.05, 0.1) is 12.7 Å². The van der Waals surface area contributed by atoms with Crippen LogP contribution in [-0.4, -0.2) is 30.2 Å². The lowest BCUT2D eigenvalue weighted by Gasteiger charge is -2.38. The number of hydrogen-bond donors (Lipinski definition) is 1. The molecule has 0 amide bonds. The Morgan fingerprint density at radius 2 is 1.83 bits per heavy atom. The van der Waals surface area contributed by atoms with Gasteiger partial charge in [0.1, 0.15) is 11.6 Å². The number of piperidine rings is 1. The Hall–Kier alpha value is -1.91. The largest absolute Gasteiger partial charge is 0.497 e. The molecule has 0 radical (unpaired) electrons. The van der Waals surface area contributed by atoms with Gasteiger partial charge in [-0.1, -0.05) is 24.3 Å². The fourth-order valence-electron chi connectivity index (χ4n) is 3.16. The van der Waals surface area contributed by atoms with Crippen molar-refractivity contribution in [2.75, 3.05) is 20.2 Å². The Morgan fingerprint density at radius 3 is 2.48 bits per heavy atom. The molecular formula is C19H22FNO2. The number of benzene rings is 2. The van der Waals surface area contributed by atoms with Gasteiger partial charge in [-0.15, -0.1) is 0 Å². The third kappa shape index (κ3) is 3.71. The van der Waals surface area contributed by atoms with Crippen LogP contribution in [0.15, 0.2) is 48.5 Å². The van der Waals surface area contributed by atoms with Gasteiger partial charge in [-0.3, -0.25) is 4.90 Å². The van der Waals surface area contributed by atoms with E-state index in [1.165, 1.54) is 17.7 Å². The highest BCUT2D eigenvalue weighted by molar-refractivity contribution is 5.28. The maximum atomic E-state index is 13.0. The first kappa shape index (κ1) is 16.0. The van der Waals surface area contributed by atoms with Crippen LogP contribution in [0.3, 0.4) is 0 Å². The molecule has 4 heteroatoms. The lowest BCUT2D eigenvalue weighted by atomic mass is 9.84. The first-order valence-electron chi connectivity index (χ1n) is 7.93. The van der Waals surface area contributed by atoms with Gasteiger partial charge in [0.15, 0.2) is 0 Å². The molecule has 2 aromatic rings. The van der Waals surface area contributed by atoms with Gasteiger partial charge in [0, 0.05) is 19.6 Å². The third-order valence-corrected chi connectivity index (χ3v) is 4.61. The molecule has 0 saturated carbocycles. The molecule has 1 N–H and O–H groups in total. The Balaban J connectivity index is 1.62. The Morgan fingerprint density at radius 1 is 1.13 bits per heavy atom. The van der Waals surface area contributed by atoms with E-state index in [4.69, 9.17) is 4.74 Å². The van der Waals surface area contributed by atoms with E-state index in [-0.39, 0.29) is 5.82 Å². The summed E-state index contributed by atoms with van der Waals surface area (Å²) in [4.78, 5) is 2.33. The molecule has 23 heavy (non-hydrogen) atoms. The van der Waals surface area contributed by atoms with E-state index in [2.05, 4.69) is 11.0 Å². The normalized spacial score (nSPS) is 17.9. The second kappa shape index (κ2) is 6.69. The van der Waals surface area contributed by atoms with E-state index >= 15 is 0 Å². The van der Waals surface area contributed by atoms with Crippen molar-refractivity contribution in [2.24, 2.45) is 0 Å². The summed E-state index contributed by atoms with van der Waals surface area (Å²) >= 11 is 0. The van der Waals surface area contributed by atoms with Crippen molar-refractivity contribution in [3.05, 3.63) is 65.5 Å². The van der Waals surface area contributed by atoms with Crippen molar-refractivity contribution in [1.29, 1.82) is 0 Å². The van der Waals surface area contributed by atoms with Crippen molar-refractivity contribution in [3.8, 4) is 5.75 Å².